The molecule has 0 spiro atoms. The summed E-state index contributed by atoms with van der Waals surface area (Å²) in [7, 11) is 0. The van der Waals surface area contributed by atoms with Crippen molar-refractivity contribution in [3.05, 3.63) is 141 Å². The average molecular weight is 427 g/mol. The maximum Gasteiger partial charge on any atom is 0.124 e. The van der Waals surface area contributed by atoms with Gasteiger partial charge in [-0.15, -0.1) is 13.2 Å². The summed E-state index contributed by atoms with van der Waals surface area (Å²) in [5.74, 6) is 0.281. The molecule has 1 nitrogen and oxygen atoms in total. The van der Waals surface area contributed by atoms with E-state index >= 15 is 0 Å². The lowest BCUT2D eigenvalue weighted by Crippen LogP contribution is -1.95. The first-order chi connectivity index (χ1) is 16.3. The van der Waals surface area contributed by atoms with Gasteiger partial charge in [-0.25, -0.2) is 0 Å². The summed E-state index contributed by atoms with van der Waals surface area (Å²) < 4.78 is 0. The summed E-state index contributed by atoms with van der Waals surface area (Å²) in [6.07, 6.45) is 0. The number of aromatic hydroxyl groups is 1. The highest BCUT2D eigenvalue weighted by molar-refractivity contribution is 6.03. The molecule has 0 heterocycles. The van der Waals surface area contributed by atoms with Crippen molar-refractivity contribution in [3.8, 4) is 50.3 Å². The first-order valence-corrected chi connectivity index (χ1v) is 10.9. The van der Waals surface area contributed by atoms with Crippen molar-refractivity contribution < 1.29 is 5.11 Å². The lowest BCUT2D eigenvalue weighted by atomic mass is 9.82. The first-order valence-electron chi connectivity index (χ1n) is 10.9. The van der Waals surface area contributed by atoms with Gasteiger partial charge in [0.2, 0.25) is 0 Å². The number of hydrogen-bond donors (Lipinski definition) is 1. The van der Waals surface area contributed by atoms with Gasteiger partial charge >= 0.3 is 0 Å². The maximum atomic E-state index is 11.3. The lowest BCUT2D eigenvalue weighted by Gasteiger charge is -2.22. The van der Waals surface area contributed by atoms with Gasteiger partial charge < -0.3 is 5.11 Å². The van der Waals surface area contributed by atoms with E-state index in [0.717, 1.165) is 44.5 Å². The van der Waals surface area contributed by atoms with Gasteiger partial charge in [0.25, 0.3) is 0 Å². The molecule has 0 amide bonds. The van der Waals surface area contributed by atoms with Gasteiger partial charge in [-0.2, -0.15) is 0 Å². The zero-order valence-electron chi connectivity index (χ0n) is 18.5. The third-order valence-electron chi connectivity index (χ3n) is 5.58. The first kappa shape index (κ1) is 21.9. The third-order valence-corrected chi connectivity index (χ3v) is 5.58. The van der Waals surface area contributed by atoms with Crippen LogP contribution < -0.4 is 0 Å². The summed E-state index contributed by atoms with van der Waals surface area (Å²) in [5.41, 5.74) is 8.30. The molecule has 0 aliphatic carbocycles. The molecule has 33 heavy (non-hydrogen) atoms. The Balaban J connectivity index is 0.00000126. The maximum absolute atomic E-state index is 11.3. The van der Waals surface area contributed by atoms with E-state index in [1.165, 1.54) is 0 Å². The molecule has 5 aromatic carbocycles. The van der Waals surface area contributed by atoms with Gasteiger partial charge in [-0.1, -0.05) is 121 Å². The minimum atomic E-state index is 0.281. The largest absolute Gasteiger partial charge is 0.507 e. The number of rotatable bonds is 4. The van der Waals surface area contributed by atoms with Gasteiger partial charge in [0.05, 0.1) is 0 Å². The van der Waals surface area contributed by atoms with Gasteiger partial charge in [0.15, 0.2) is 0 Å². The Kier molecular flexibility index (Phi) is 6.82. The van der Waals surface area contributed by atoms with Crippen molar-refractivity contribution in [2.45, 2.75) is 0 Å². The van der Waals surface area contributed by atoms with E-state index in [4.69, 9.17) is 0 Å². The predicted octanol–water partition coefficient (Wildman–Crippen LogP) is 8.86. The molecule has 5 rings (SSSR count). The summed E-state index contributed by atoms with van der Waals surface area (Å²) >= 11 is 0. The molecule has 160 valence electrons. The van der Waals surface area contributed by atoms with Crippen molar-refractivity contribution in [1.29, 1.82) is 0 Å². The van der Waals surface area contributed by atoms with Crippen molar-refractivity contribution in [2.24, 2.45) is 0 Å². The summed E-state index contributed by atoms with van der Waals surface area (Å²) in [6, 6.07) is 43.1. The molecule has 0 bridgehead atoms. The monoisotopic (exact) mass is 426 g/mol. The van der Waals surface area contributed by atoms with Crippen LogP contribution in [0.3, 0.4) is 0 Å². The highest BCUT2D eigenvalue weighted by atomic mass is 16.3. The number of benzene rings is 5. The van der Waals surface area contributed by atoms with E-state index in [-0.39, 0.29) is 5.75 Å². The molecule has 0 fully saturated rings. The van der Waals surface area contributed by atoms with Crippen molar-refractivity contribution in [1.82, 2.24) is 0 Å². The molecule has 1 N–H and O–H groups in total. The van der Waals surface area contributed by atoms with E-state index in [1.54, 1.807) is 0 Å². The predicted molar refractivity (Wildman–Crippen MR) is 141 cm³/mol. The Bertz CT molecular complexity index is 1310. The second kappa shape index (κ2) is 10.3. The minimum Gasteiger partial charge on any atom is -0.507 e. The molecule has 0 atom stereocenters. The van der Waals surface area contributed by atoms with Crippen LogP contribution in [0.2, 0.25) is 0 Å². The van der Waals surface area contributed by atoms with Crippen LogP contribution in [0, 0.1) is 0 Å². The standard InChI is InChI=1S/C30H22O.C2H4/c31-27-21-26(22-13-5-1-6-14-22)28(23-15-7-2-8-16-23)30(25-19-11-4-12-20-25)29(27)24-17-9-3-10-18-24;1-2/h1-21,31H;1-2H2. The van der Waals surface area contributed by atoms with E-state index in [1.807, 2.05) is 66.7 Å². The second-order valence-electron chi connectivity index (χ2n) is 7.53. The van der Waals surface area contributed by atoms with Gasteiger partial charge in [0.1, 0.15) is 5.75 Å². The molecular formula is C32H26O. The second-order valence-corrected chi connectivity index (χ2v) is 7.53. The molecule has 0 saturated carbocycles. The SMILES string of the molecule is C=C.Oc1cc(-c2ccccc2)c(-c2ccccc2)c(-c2ccccc2)c1-c1ccccc1. The normalized spacial score (nSPS) is 10.2. The lowest BCUT2D eigenvalue weighted by molar-refractivity contribution is 0.478. The Labute approximate surface area is 196 Å². The molecule has 1 heteroatoms. The van der Waals surface area contributed by atoms with Crippen molar-refractivity contribution in [2.75, 3.05) is 0 Å². The van der Waals surface area contributed by atoms with Crippen molar-refractivity contribution >= 4 is 0 Å². The average Bonchev–Trinajstić information content (AvgIpc) is 2.91. The molecule has 0 radical (unpaired) electrons. The fraction of sp³-hybridized carbons (Fsp3) is 0. The minimum absolute atomic E-state index is 0.281. The summed E-state index contributed by atoms with van der Waals surface area (Å²) in [5, 5.41) is 11.3. The molecule has 0 aromatic heterocycles. The third kappa shape index (κ3) is 4.49. The van der Waals surface area contributed by atoms with Crippen LogP contribution in [0.15, 0.2) is 141 Å². The van der Waals surface area contributed by atoms with Gasteiger partial charge in [0, 0.05) is 11.1 Å². The topological polar surface area (TPSA) is 20.2 Å². The van der Waals surface area contributed by atoms with Crippen LogP contribution in [0.25, 0.3) is 44.5 Å². The number of phenolic OH excluding ortho intramolecular Hbond substituents is 1. The Morgan fingerprint density at radius 3 is 1.15 bits per heavy atom. The van der Waals surface area contributed by atoms with E-state index < -0.39 is 0 Å². The molecule has 0 saturated heterocycles. The molecule has 0 unspecified atom stereocenters. The Morgan fingerprint density at radius 2 is 0.727 bits per heavy atom. The van der Waals surface area contributed by atoms with E-state index in [9.17, 15) is 5.11 Å². The number of hydrogen-bond acceptors (Lipinski definition) is 1. The zero-order chi connectivity index (χ0) is 23.0. The smallest absolute Gasteiger partial charge is 0.124 e. The quantitative estimate of drug-likeness (QED) is 0.285. The van der Waals surface area contributed by atoms with E-state index in [2.05, 4.69) is 73.8 Å². The van der Waals surface area contributed by atoms with Crippen LogP contribution in [0.1, 0.15) is 0 Å². The van der Waals surface area contributed by atoms with Gasteiger partial charge in [-0.3, -0.25) is 0 Å². The fourth-order valence-corrected chi connectivity index (χ4v) is 4.21. The van der Waals surface area contributed by atoms with Crippen LogP contribution in [0.4, 0.5) is 0 Å². The Hall–Kier alpha value is -4.36. The zero-order valence-corrected chi connectivity index (χ0v) is 18.5. The summed E-state index contributed by atoms with van der Waals surface area (Å²) in [6.45, 7) is 6.00. The highest BCUT2D eigenvalue weighted by Crippen LogP contribution is 2.49. The highest BCUT2D eigenvalue weighted by Gasteiger charge is 2.22. The van der Waals surface area contributed by atoms with Crippen molar-refractivity contribution in [3.63, 3.8) is 0 Å². The van der Waals surface area contributed by atoms with Crippen LogP contribution >= 0.6 is 0 Å². The fourth-order valence-electron chi connectivity index (χ4n) is 4.21. The molecule has 0 aliphatic heterocycles. The van der Waals surface area contributed by atoms with Crippen LogP contribution in [0.5, 0.6) is 5.75 Å². The molecule has 5 aromatic rings. The molecular weight excluding hydrogens is 400 g/mol. The van der Waals surface area contributed by atoms with E-state index in [0.29, 0.717) is 0 Å². The van der Waals surface area contributed by atoms with Gasteiger partial charge in [-0.05, 0) is 39.4 Å². The molecule has 0 aliphatic rings. The summed E-state index contributed by atoms with van der Waals surface area (Å²) in [4.78, 5) is 0. The Morgan fingerprint density at radius 1 is 0.394 bits per heavy atom. The van der Waals surface area contributed by atoms with Crippen LogP contribution in [-0.4, -0.2) is 5.11 Å². The number of phenols is 1. The van der Waals surface area contributed by atoms with Crippen LogP contribution in [-0.2, 0) is 0 Å².